The monoisotopic (exact) mass is 286 g/mol. The summed E-state index contributed by atoms with van der Waals surface area (Å²) >= 11 is 0. The van der Waals surface area contributed by atoms with Crippen LogP contribution in [0.3, 0.4) is 0 Å². The Hall–Kier alpha value is -1.79. The van der Waals surface area contributed by atoms with Crippen molar-refractivity contribution < 1.29 is 24.2 Å². The number of amides is 2. The van der Waals surface area contributed by atoms with Crippen molar-refractivity contribution in [1.82, 2.24) is 9.80 Å². The number of piperidine rings is 1. The van der Waals surface area contributed by atoms with Crippen LogP contribution in [0.5, 0.6) is 0 Å². The van der Waals surface area contributed by atoms with Crippen molar-refractivity contribution in [3.8, 4) is 0 Å². The van der Waals surface area contributed by atoms with Crippen LogP contribution >= 0.6 is 0 Å². The molecule has 0 aromatic carbocycles. The standard InChI is InChI=1S/C13H22N2O5/c1-9(2)15(8-11(16)17)13(19)14-6-4-5-10(7-14)12(18)20-3/h9-10H,4-8H2,1-3H3,(H,16,17). The van der Waals surface area contributed by atoms with Crippen molar-refractivity contribution >= 4 is 18.0 Å². The van der Waals surface area contributed by atoms with Crippen LogP contribution in [-0.2, 0) is 14.3 Å². The van der Waals surface area contributed by atoms with E-state index in [1.54, 1.807) is 13.8 Å². The van der Waals surface area contributed by atoms with Crippen LogP contribution in [0.25, 0.3) is 0 Å². The number of nitrogens with zero attached hydrogens (tertiary/aromatic N) is 2. The van der Waals surface area contributed by atoms with E-state index in [0.29, 0.717) is 19.4 Å². The molecule has 7 heteroatoms. The van der Waals surface area contributed by atoms with Gasteiger partial charge < -0.3 is 19.6 Å². The number of carbonyl (C=O) groups excluding carboxylic acids is 2. The van der Waals surface area contributed by atoms with Gasteiger partial charge in [0.15, 0.2) is 0 Å². The molecule has 1 rings (SSSR count). The van der Waals surface area contributed by atoms with E-state index in [0.717, 1.165) is 0 Å². The number of urea groups is 1. The van der Waals surface area contributed by atoms with Gasteiger partial charge in [-0.05, 0) is 26.7 Å². The molecule has 20 heavy (non-hydrogen) atoms. The highest BCUT2D eigenvalue weighted by atomic mass is 16.5. The Morgan fingerprint density at radius 1 is 1.40 bits per heavy atom. The van der Waals surface area contributed by atoms with Crippen molar-refractivity contribution in [2.45, 2.75) is 32.7 Å². The molecule has 0 radical (unpaired) electrons. The lowest BCUT2D eigenvalue weighted by atomic mass is 9.98. The van der Waals surface area contributed by atoms with Gasteiger partial charge in [-0.15, -0.1) is 0 Å². The number of ether oxygens (including phenoxy) is 1. The summed E-state index contributed by atoms with van der Waals surface area (Å²) in [5, 5.41) is 8.87. The number of carboxylic acids is 1. The SMILES string of the molecule is COC(=O)C1CCCN(C(=O)N(CC(=O)O)C(C)C)C1. The normalized spacial score (nSPS) is 18.8. The highest BCUT2D eigenvalue weighted by Crippen LogP contribution is 2.19. The van der Waals surface area contributed by atoms with Crippen molar-refractivity contribution in [3.63, 3.8) is 0 Å². The molecule has 7 nitrogen and oxygen atoms in total. The van der Waals surface area contributed by atoms with Crippen molar-refractivity contribution in [3.05, 3.63) is 0 Å². The fourth-order valence-corrected chi connectivity index (χ4v) is 2.31. The lowest BCUT2D eigenvalue weighted by Gasteiger charge is -2.36. The van der Waals surface area contributed by atoms with Gasteiger partial charge in [0.05, 0.1) is 13.0 Å². The van der Waals surface area contributed by atoms with Gasteiger partial charge in [-0.2, -0.15) is 0 Å². The summed E-state index contributed by atoms with van der Waals surface area (Å²) in [5.74, 6) is -1.69. The number of likely N-dealkylation sites (tertiary alicyclic amines) is 1. The zero-order chi connectivity index (χ0) is 15.3. The Bertz CT molecular complexity index is 383. The number of methoxy groups -OCH3 is 1. The average molecular weight is 286 g/mol. The number of aliphatic carboxylic acids is 1. The zero-order valence-corrected chi connectivity index (χ0v) is 12.2. The van der Waals surface area contributed by atoms with Crippen LogP contribution < -0.4 is 0 Å². The minimum atomic E-state index is -1.05. The average Bonchev–Trinajstić information content (AvgIpc) is 2.42. The molecule has 1 N–H and O–H groups in total. The van der Waals surface area contributed by atoms with E-state index in [4.69, 9.17) is 9.84 Å². The van der Waals surface area contributed by atoms with Crippen LogP contribution in [0.2, 0.25) is 0 Å². The van der Waals surface area contributed by atoms with E-state index in [-0.39, 0.29) is 37.0 Å². The fourth-order valence-electron chi connectivity index (χ4n) is 2.31. The minimum Gasteiger partial charge on any atom is -0.480 e. The van der Waals surface area contributed by atoms with Gasteiger partial charge in [-0.3, -0.25) is 9.59 Å². The number of rotatable bonds is 4. The van der Waals surface area contributed by atoms with Crippen LogP contribution in [0.1, 0.15) is 26.7 Å². The molecule has 1 aliphatic rings. The third-order valence-electron chi connectivity index (χ3n) is 3.40. The molecule has 0 aromatic rings. The summed E-state index contributed by atoms with van der Waals surface area (Å²) in [7, 11) is 1.33. The molecular formula is C13H22N2O5. The molecule has 1 unspecified atom stereocenters. The maximum Gasteiger partial charge on any atom is 0.323 e. The summed E-state index contributed by atoms with van der Waals surface area (Å²) in [4.78, 5) is 37.6. The lowest BCUT2D eigenvalue weighted by Crippen LogP contribution is -2.52. The maximum atomic E-state index is 12.4. The first-order chi connectivity index (χ1) is 9.36. The predicted octanol–water partition coefficient (Wildman–Crippen LogP) is 0.786. The van der Waals surface area contributed by atoms with E-state index in [1.165, 1.54) is 16.9 Å². The van der Waals surface area contributed by atoms with Gasteiger partial charge in [-0.1, -0.05) is 0 Å². The fraction of sp³-hybridized carbons (Fsp3) is 0.769. The molecule has 1 aliphatic heterocycles. The quantitative estimate of drug-likeness (QED) is 0.772. The molecule has 1 saturated heterocycles. The molecule has 2 amide bonds. The molecular weight excluding hydrogens is 264 g/mol. The summed E-state index contributed by atoms with van der Waals surface area (Å²) in [6.45, 7) is 4.02. The van der Waals surface area contributed by atoms with Crippen LogP contribution in [0.4, 0.5) is 4.79 Å². The second-order valence-corrected chi connectivity index (χ2v) is 5.21. The number of hydrogen-bond acceptors (Lipinski definition) is 4. The number of carbonyl (C=O) groups is 3. The van der Waals surface area contributed by atoms with E-state index in [9.17, 15) is 14.4 Å². The Morgan fingerprint density at radius 2 is 2.05 bits per heavy atom. The molecule has 1 atom stereocenters. The topological polar surface area (TPSA) is 87.2 Å². The van der Waals surface area contributed by atoms with Gasteiger partial charge in [0.2, 0.25) is 0 Å². The van der Waals surface area contributed by atoms with Gasteiger partial charge in [-0.25, -0.2) is 4.79 Å². The molecule has 1 fully saturated rings. The Labute approximate surface area is 118 Å². The Kier molecular flexibility index (Phi) is 5.79. The van der Waals surface area contributed by atoms with Gasteiger partial charge in [0, 0.05) is 19.1 Å². The summed E-state index contributed by atoms with van der Waals surface area (Å²) < 4.78 is 4.71. The highest BCUT2D eigenvalue weighted by molar-refractivity contribution is 5.81. The second-order valence-electron chi connectivity index (χ2n) is 5.21. The van der Waals surface area contributed by atoms with Crippen LogP contribution in [0.15, 0.2) is 0 Å². The number of hydrogen-bond donors (Lipinski definition) is 1. The molecule has 0 saturated carbocycles. The number of carboxylic acid groups (broad SMARTS) is 1. The van der Waals surface area contributed by atoms with Crippen molar-refractivity contribution in [1.29, 1.82) is 0 Å². The molecule has 114 valence electrons. The first-order valence-corrected chi connectivity index (χ1v) is 6.72. The van der Waals surface area contributed by atoms with E-state index >= 15 is 0 Å². The largest absolute Gasteiger partial charge is 0.480 e. The summed E-state index contributed by atoms with van der Waals surface area (Å²) in [6, 6.07) is -0.548. The first kappa shape index (κ1) is 16.3. The molecule has 0 aromatic heterocycles. The Balaban J connectivity index is 2.73. The summed E-state index contributed by atoms with van der Waals surface area (Å²) in [6.07, 6.45) is 1.40. The van der Waals surface area contributed by atoms with E-state index in [2.05, 4.69) is 0 Å². The first-order valence-electron chi connectivity index (χ1n) is 6.72. The van der Waals surface area contributed by atoms with E-state index < -0.39 is 5.97 Å². The van der Waals surface area contributed by atoms with Crippen LogP contribution in [0, 0.1) is 5.92 Å². The smallest absolute Gasteiger partial charge is 0.323 e. The third kappa shape index (κ3) is 4.11. The third-order valence-corrected chi connectivity index (χ3v) is 3.40. The zero-order valence-electron chi connectivity index (χ0n) is 12.2. The lowest BCUT2D eigenvalue weighted by molar-refractivity contribution is -0.147. The van der Waals surface area contributed by atoms with Gasteiger partial charge >= 0.3 is 18.0 Å². The molecule has 0 spiro atoms. The van der Waals surface area contributed by atoms with Crippen molar-refractivity contribution in [2.75, 3.05) is 26.7 Å². The van der Waals surface area contributed by atoms with E-state index in [1.807, 2.05) is 0 Å². The summed E-state index contributed by atoms with van der Waals surface area (Å²) in [5.41, 5.74) is 0. The maximum absolute atomic E-state index is 12.4. The highest BCUT2D eigenvalue weighted by Gasteiger charge is 2.32. The molecule has 1 heterocycles. The second kappa shape index (κ2) is 7.12. The minimum absolute atomic E-state index is 0.211. The Morgan fingerprint density at radius 3 is 2.55 bits per heavy atom. The van der Waals surface area contributed by atoms with Crippen LogP contribution in [-0.4, -0.2) is 65.7 Å². The number of esters is 1. The molecule has 0 bridgehead atoms. The predicted molar refractivity (Wildman–Crippen MR) is 71.2 cm³/mol. The molecule has 0 aliphatic carbocycles. The van der Waals surface area contributed by atoms with Gasteiger partial charge in [0.1, 0.15) is 6.54 Å². The van der Waals surface area contributed by atoms with Crippen molar-refractivity contribution in [2.24, 2.45) is 5.92 Å². The van der Waals surface area contributed by atoms with Gasteiger partial charge in [0.25, 0.3) is 0 Å².